The molecule has 0 fully saturated rings. The van der Waals surface area contributed by atoms with Crippen molar-refractivity contribution in [2.24, 2.45) is 0 Å². The van der Waals surface area contributed by atoms with Gasteiger partial charge in [0, 0.05) is 41.6 Å². The number of rotatable bonds is 3. The van der Waals surface area contributed by atoms with E-state index in [1.807, 2.05) is 31.2 Å². The van der Waals surface area contributed by atoms with E-state index in [1.54, 1.807) is 41.6 Å². The summed E-state index contributed by atoms with van der Waals surface area (Å²) in [6.45, 7) is 1.88. The molecule has 6 heteroatoms. The second-order valence-corrected chi connectivity index (χ2v) is 5.38. The fourth-order valence-electron chi connectivity index (χ4n) is 2.54. The Bertz CT molecular complexity index is 1020. The molecule has 4 heterocycles. The van der Waals surface area contributed by atoms with Crippen molar-refractivity contribution in [3.8, 4) is 11.3 Å². The van der Waals surface area contributed by atoms with Crippen LogP contribution < -0.4 is 0 Å². The van der Waals surface area contributed by atoms with E-state index in [0.29, 0.717) is 16.8 Å². The molecule has 0 amide bonds. The number of carbonyl (C=O) groups excluding carboxylic acids is 1. The summed E-state index contributed by atoms with van der Waals surface area (Å²) in [6, 6.07) is 9.22. The lowest BCUT2D eigenvalue weighted by Crippen LogP contribution is -2.03. The van der Waals surface area contributed by atoms with Crippen LogP contribution in [0.15, 0.2) is 61.3 Å². The van der Waals surface area contributed by atoms with Crippen LogP contribution >= 0.6 is 0 Å². The van der Waals surface area contributed by atoms with Gasteiger partial charge < -0.3 is 0 Å². The predicted octanol–water partition coefficient (Wildman–Crippen LogP) is 2.73. The van der Waals surface area contributed by atoms with E-state index >= 15 is 0 Å². The van der Waals surface area contributed by atoms with Gasteiger partial charge in [-0.15, -0.1) is 0 Å². The van der Waals surface area contributed by atoms with Crippen molar-refractivity contribution < 1.29 is 4.79 Å². The molecule has 0 aromatic carbocycles. The maximum Gasteiger partial charge on any atom is 0.200 e. The van der Waals surface area contributed by atoms with Gasteiger partial charge in [0.05, 0.1) is 17.5 Å². The van der Waals surface area contributed by atoms with Gasteiger partial charge in [-0.2, -0.15) is 5.10 Å². The van der Waals surface area contributed by atoms with Gasteiger partial charge in [-0.3, -0.25) is 14.8 Å². The monoisotopic (exact) mass is 315 g/mol. The molecule has 0 aliphatic heterocycles. The average molecular weight is 315 g/mol. The lowest BCUT2D eigenvalue weighted by atomic mass is 10.1. The fourth-order valence-corrected chi connectivity index (χ4v) is 2.54. The Morgan fingerprint density at radius 1 is 1.00 bits per heavy atom. The second kappa shape index (κ2) is 5.66. The summed E-state index contributed by atoms with van der Waals surface area (Å²) >= 11 is 0. The zero-order valence-electron chi connectivity index (χ0n) is 12.9. The molecular formula is C18H13N5O. The Hall–Kier alpha value is -3.41. The Morgan fingerprint density at radius 3 is 2.67 bits per heavy atom. The molecule has 0 aliphatic carbocycles. The zero-order valence-corrected chi connectivity index (χ0v) is 12.9. The van der Waals surface area contributed by atoms with Crippen LogP contribution in [0.5, 0.6) is 0 Å². The third kappa shape index (κ3) is 2.34. The Kier molecular flexibility index (Phi) is 3.35. The first kappa shape index (κ1) is 14.2. The largest absolute Gasteiger partial charge is 0.288 e. The van der Waals surface area contributed by atoms with Crippen LogP contribution in [0.1, 0.15) is 21.6 Å². The van der Waals surface area contributed by atoms with E-state index in [4.69, 9.17) is 0 Å². The maximum absolute atomic E-state index is 12.7. The average Bonchev–Trinajstić information content (AvgIpc) is 3.06. The molecule has 0 unspecified atom stereocenters. The number of nitrogens with zero attached hydrogens (tertiary/aromatic N) is 5. The number of hydrogen-bond acceptors (Lipinski definition) is 5. The minimum Gasteiger partial charge on any atom is -0.288 e. The van der Waals surface area contributed by atoms with Gasteiger partial charge in [0.1, 0.15) is 0 Å². The van der Waals surface area contributed by atoms with Crippen molar-refractivity contribution in [1.29, 1.82) is 0 Å². The molecule has 0 aliphatic rings. The number of pyridine rings is 2. The number of carbonyl (C=O) groups is 1. The van der Waals surface area contributed by atoms with E-state index < -0.39 is 0 Å². The van der Waals surface area contributed by atoms with Crippen LogP contribution in [0.25, 0.3) is 16.9 Å². The summed E-state index contributed by atoms with van der Waals surface area (Å²) in [4.78, 5) is 25.4. The topological polar surface area (TPSA) is 73.0 Å². The van der Waals surface area contributed by atoms with Gasteiger partial charge in [-0.1, -0.05) is 0 Å². The van der Waals surface area contributed by atoms with Crippen LogP contribution in [0.2, 0.25) is 0 Å². The van der Waals surface area contributed by atoms with Crippen molar-refractivity contribution in [3.63, 3.8) is 0 Å². The summed E-state index contributed by atoms with van der Waals surface area (Å²) in [5, 5.41) is 4.34. The maximum atomic E-state index is 12.7. The normalized spacial score (nSPS) is 10.9. The molecule has 0 atom stereocenters. The Balaban J connectivity index is 1.84. The van der Waals surface area contributed by atoms with E-state index in [2.05, 4.69) is 20.1 Å². The van der Waals surface area contributed by atoms with Gasteiger partial charge in [-0.25, -0.2) is 9.50 Å². The molecule has 116 valence electrons. The first-order valence-electron chi connectivity index (χ1n) is 7.44. The highest BCUT2D eigenvalue weighted by Crippen LogP contribution is 2.21. The summed E-state index contributed by atoms with van der Waals surface area (Å²) in [5.74, 6) is -0.145. The van der Waals surface area contributed by atoms with E-state index in [1.165, 1.54) is 0 Å². The minimum atomic E-state index is -0.145. The molecule has 0 saturated carbocycles. The van der Waals surface area contributed by atoms with Crippen LogP contribution in [0.3, 0.4) is 0 Å². The molecule has 0 saturated heterocycles. The van der Waals surface area contributed by atoms with Crippen LogP contribution in [-0.2, 0) is 0 Å². The molecule has 0 radical (unpaired) electrons. The van der Waals surface area contributed by atoms with Crippen LogP contribution in [0.4, 0.5) is 0 Å². The summed E-state index contributed by atoms with van der Waals surface area (Å²) in [7, 11) is 0. The first-order valence-corrected chi connectivity index (χ1v) is 7.44. The minimum absolute atomic E-state index is 0.145. The first-order chi connectivity index (χ1) is 11.7. The summed E-state index contributed by atoms with van der Waals surface area (Å²) in [5.41, 5.74) is 4.08. The highest BCUT2D eigenvalue weighted by Gasteiger charge is 2.18. The highest BCUT2D eigenvalue weighted by molar-refractivity contribution is 6.12. The number of aryl methyl sites for hydroxylation is 1. The van der Waals surface area contributed by atoms with Gasteiger partial charge in [0.15, 0.2) is 11.4 Å². The summed E-state index contributed by atoms with van der Waals surface area (Å²) in [6.07, 6.45) is 8.26. The molecule has 4 aromatic heterocycles. The molecule has 0 N–H and O–H groups in total. The van der Waals surface area contributed by atoms with Crippen molar-refractivity contribution in [3.05, 3.63) is 78.1 Å². The molecule has 4 aromatic rings. The van der Waals surface area contributed by atoms with Gasteiger partial charge in [0.25, 0.3) is 0 Å². The quantitative estimate of drug-likeness (QED) is 0.544. The number of ketones is 1. The van der Waals surface area contributed by atoms with E-state index in [0.717, 1.165) is 17.0 Å². The molecular weight excluding hydrogens is 302 g/mol. The standard InChI is InChI=1S/C18H13N5O/c1-12-4-5-14(10-21-12)17(24)15-11-22-23-16(6-8-20-18(15)23)13-3-2-7-19-9-13/h2-11H,1H3. The lowest BCUT2D eigenvalue weighted by Gasteiger charge is -2.04. The highest BCUT2D eigenvalue weighted by atomic mass is 16.1. The van der Waals surface area contributed by atoms with E-state index in [9.17, 15) is 4.79 Å². The van der Waals surface area contributed by atoms with Gasteiger partial charge >= 0.3 is 0 Å². The van der Waals surface area contributed by atoms with Crippen molar-refractivity contribution >= 4 is 11.4 Å². The molecule has 0 spiro atoms. The van der Waals surface area contributed by atoms with Crippen LogP contribution in [-0.4, -0.2) is 30.3 Å². The van der Waals surface area contributed by atoms with Crippen molar-refractivity contribution in [1.82, 2.24) is 24.6 Å². The van der Waals surface area contributed by atoms with Crippen molar-refractivity contribution in [2.75, 3.05) is 0 Å². The fraction of sp³-hybridized carbons (Fsp3) is 0.0556. The molecule has 4 rings (SSSR count). The third-order valence-corrected chi connectivity index (χ3v) is 3.78. The molecule has 0 bridgehead atoms. The predicted molar refractivity (Wildman–Crippen MR) is 88.6 cm³/mol. The molecule has 6 nitrogen and oxygen atoms in total. The van der Waals surface area contributed by atoms with Gasteiger partial charge in [-0.05, 0) is 37.3 Å². The lowest BCUT2D eigenvalue weighted by molar-refractivity contribution is 0.103. The number of aromatic nitrogens is 5. The Labute approximate surface area is 137 Å². The van der Waals surface area contributed by atoms with E-state index in [-0.39, 0.29) is 5.78 Å². The number of fused-ring (bicyclic) bond motifs is 1. The van der Waals surface area contributed by atoms with Gasteiger partial charge in [0.2, 0.25) is 0 Å². The second-order valence-electron chi connectivity index (χ2n) is 5.38. The smallest absolute Gasteiger partial charge is 0.200 e. The SMILES string of the molecule is Cc1ccc(C(=O)c2cnn3c(-c4cccnc4)ccnc23)cn1. The molecule has 24 heavy (non-hydrogen) atoms. The van der Waals surface area contributed by atoms with Crippen molar-refractivity contribution in [2.45, 2.75) is 6.92 Å². The third-order valence-electron chi connectivity index (χ3n) is 3.78. The van der Waals surface area contributed by atoms with Crippen LogP contribution in [0, 0.1) is 6.92 Å². The Morgan fingerprint density at radius 2 is 1.92 bits per heavy atom. The zero-order chi connectivity index (χ0) is 16.5. The number of hydrogen-bond donors (Lipinski definition) is 0. The summed E-state index contributed by atoms with van der Waals surface area (Å²) < 4.78 is 1.66.